The summed E-state index contributed by atoms with van der Waals surface area (Å²) in [6.45, 7) is 5.66. The summed E-state index contributed by atoms with van der Waals surface area (Å²) in [6.07, 6.45) is 9.85. The predicted octanol–water partition coefficient (Wildman–Crippen LogP) is 3.33. The lowest BCUT2D eigenvalue weighted by molar-refractivity contribution is -0.144. The zero-order chi connectivity index (χ0) is 18.4. The van der Waals surface area contributed by atoms with Crippen LogP contribution in [0.5, 0.6) is 0 Å². The van der Waals surface area contributed by atoms with Gasteiger partial charge in [0.05, 0.1) is 7.11 Å². The Balaban J connectivity index is 4.59. The first-order valence-electron chi connectivity index (χ1n) is 9.18. The zero-order valence-corrected chi connectivity index (χ0v) is 16.6. The van der Waals surface area contributed by atoms with Gasteiger partial charge >= 0.3 is 5.97 Å². The smallest absolute Gasteiger partial charge is 0.333 e. The molecule has 0 aromatic rings. The van der Waals surface area contributed by atoms with E-state index < -0.39 is 23.2 Å². The number of esters is 1. The number of carbonyl (C=O) groups excluding carboxylic acids is 2. The van der Waals surface area contributed by atoms with Gasteiger partial charge in [-0.1, -0.05) is 46.0 Å². The first-order chi connectivity index (χ1) is 11.5. The van der Waals surface area contributed by atoms with Gasteiger partial charge in [-0.15, -0.1) is 0 Å². The van der Waals surface area contributed by atoms with Gasteiger partial charge < -0.3 is 14.6 Å². The molecule has 0 aromatic heterocycles. The minimum absolute atomic E-state index is 0.0903. The Morgan fingerprint density at radius 3 is 2.17 bits per heavy atom. The van der Waals surface area contributed by atoms with Crippen LogP contribution in [0.15, 0.2) is 0 Å². The van der Waals surface area contributed by atoms with E-state index in [0.29, 0.717) is 0 Å². The summed E-state index contributed by atoms with van der Waals surface area (Å²) in [4.78, 5) is 23.0. The van der Waals surface area contributed by atoms with Crippen LogP contribution in [0.25, 0.3) is 0 Å². The van der Waals surface area contributed by atoms with Crippen LogP contribution in [0.4, 0.5) is 0 Å². The molecule has 0 bridgehead atoms. The van der Waals surface area contributed by atoms with Crippen LogP contribution >= 0.6 is 0 Å². The van der Waals surface area contributed by atoms with Gasteiger partial charge in [-0.25, -0.2) is 4.79 Å². The van der Waals surface area contributed by atoms with Crippen LogP contribution in [-0.2, 0) is 25.5 Å². The second-order valence-corrected chi connectivity index (χ2v) is 8.05. The van der Waals surface area contributed by atoms with Gasteiger partial charge in [-0.3, -0.25) is 4.79 Å². The summed E-state index contributed by atoms with van der Waals surface area (Å²) in [5, 5.41) is 2.64. The molecule has 0 rings (SSSR count). The van der Waals surface area contributed by atoms with Crippen molar-refractivity contribution in [1.29, 1.82) is 0 Å². The molecule has 0 heterocycles. The van der Waals surface area contributed by atoms with E-state index in [2.05, 4.69) is 19.2 Å². The fourth-order valence-electron chi connectivity index (χ4n) is 2.67. The topological polar surface area (TPSA) is 78.5 Å². The van der Waals surface area contributed by atoms with Crippen LogP contribution < -0.4 is 5.32 Å². The fourth-order valence-corrected chi connectivity index (χ4v) is 4.35. The highest BCUT2D eigenvalue weighted by Crippen LogP contribution is 2.20. The molecule has 0 aliphatic carbocycles. The van der Waals surface area contributed by atoms with Gasteiger partial charge in [-0.05, 0) is 36.9 Å². The largest absolute Gasteiger partial charge is 0.616 e. The summed E-state index contributed by atoms with van der Waals surface area (Å²) in [7, 11) is 1.28. The molecule has 0 aromatic carbocycles. The van der Waals surface area contributed by atoms with E-state index in [0.717, 1.165) is 32.1 Å². The van der Waals surface area contributed by atoms with Gasteiger partial charge in [0.1, 0.15) is 11.0 Å². The van der Waals surface area contributed by atoms with E-state index in [-0.39, 0.29) is 16.9 Å². The molecule has 1 N–H and O–H groups in total. The first-order valence-corrected chi connectivity index (χ1v) is 10.6. The number of carbonyl (C=O) groups is 2. The van der Waals surface area contributed by atoms with Crippen LogP contribution in [0, 0.1) is 0 Å². The summed E-state index contributed by atoms with van der Waals surface area (Å²) >= 11 is -1.15. The molecule has 0 spiro atoms. The van der Waals surface area contributed by atoms with Crippen molar-refractivity contribution < 1.29 is 18.9 Å². The monoisotopic (exact) mass is 361 g/mol. The van der Waals surface area contributed by atoms with Crippen LogP contribution in [0.2, 0.25) is 0 Å². The minimum atomic E-state index is -1.15. The highest BCUT2D eigenvalue weighted by atomic mass is 32.2. The lowest BCUT2D eigenvalue weighted by Gasteiger charge is -2.25. The number of hydrogen-bond donors (Lipinski definition) is 1. The molecule has 0 radical (unpaired) electrons. The van der Waals surface area contributed by atoms with Gasteiger partial charge in [0.25, 0.3) is 0 Å². The lowest BCUT2D eigenvalue weighted by Crippen LogP contribution is -2.46. The second kappa shape index (κ2) is 14.6. The number of methoxy groups -OCH3 is 1. The maximum Gasteiger partial charge on any atom is 0.333 e. The molecule has 1 amide bonds. The Morgan fingerprint density at radius 1 is 1.04 bits per heavy atom. The average molecular weight is 362 g/mol. The highest BCUT2D eigenvalue weighted by molar-refractivity contribution is 7.92. The standard InChI is InChI=1S/C18H35NO4S/c1-5-7-9-10-11-13-16(12-8-6-2)24(22)14-17(18(21)23-4)19-15(3)20/h16-17H,5-14H2,1-4H3,(H,19,20)/t16?,17-,24?/m0/s1. The zero-order valence-electron chi connectivity index (χ0n) is 15.8. The summed E-state index contributed by atoms with van der Waals surface area (Å²) in [6, 6.07) is -0.822. The van der Waals surface area contributed by atoms with Crippen LogP contribution in [0.1, 0.15) is 78.6 Å². The van der Waals surface area contributed by atoms with E-state index >= 15 is 0 Å². The summed E-state index contributed by atoms with van der Waals surface area (Å²) in [5.41, 5.74) is 0. The second-order valence-electron chi connectivity index (χ2n) is 6.29. The molecule has 0 aliphatic heterocycles. The SMILES string of the molecule is CCCCCCCC(CCCC)[S+]([O-])C[C@H](NC(C)=O)C(=O)OC. The van der Waals surface area contributed by atoms with Crippen molar-refractivity contribution in [1.82, 2.24) is 5.32 Å². The molecule has 6 heteroatoms. The van der Waals surface area contributed by atoms with Crippen molar-refractivity contribution in [3.8, 4) is 0 Å². The molecule has 2 unspecified atom stereocenters. The molecular weight excluding hydrogens is 326 g/mol. The third kappa shape index (κ3) is 10.9. The number of nitrogens with one attached hydrogen (secondary N) is 1. The van der Waals surface area contributed by atoms with Crippen molar-refractivity contribution in [2.24, 2.45) is 0 Å². The van der Waals surface area contributed by atoms with E-state index in [1.54, 1.807) is 0 Å². The Hall–Kier alpha value is -0.750. The van der Waals surface area contributed by atoms with Gasteiger partial charge in [0, 0.05) is 6.92 Å². The van der Waals surface area contributed by atoms with Crippen molar-refractivity contribution in [2.45, 2.75) is 89.9 Å². The molecule has 0 aliphatic rings. The molecule has 0 saturated heterocycles. The Kier molecular flexibility index (Phi) is 14.1. The first kappa shape index (κ1) is 23.2. The molecular formula is C18H35NO4S. The van der Waals surface area contributed by atoms with Crippen LogP contribution in [0.3, 0.4) is 0 Å². The van der Waals surface area contributed by atoms with Gasteiger partial charge in [-0.2, -0.15) is 0 Å². The van der Waals surface area contributed by atoms with Crippen LogP contribution in [-0.4, -0.2) is 40.6 Å². The Bertz CT molecular complexity index is 352. The maximum atomic E-state index is 12.7. The number of ether oxygens (including phenoxy) is 1. The maximum absolute atomic E-state index is 12.7. The van der Waals surface area contributed by atoms with Crippen molar-refractivity contribution in [3.05, 3.63) is 0 Å². The summed E-state index contributed by atoms with van der Waals surface area (Å²) < 4.78 is 17.4. The van der Waals surface area contributed by atoms with Gasteiger partial charge in [0.2, 0.25) is 5.91 Å². The molecule has 142 valence electrons. The number of amides is 1. The van der Waals surface area contributed by atoms with Gasteiger partial charge in [0.15, 0.2) is 6.04 Å². The van der Waals surface area contributed by atoms with E-state index in [1.807, 2.05) is 0 Å². The van der Waals surface area contributed by atoms with Crippen molar-refractivity contribution in [3.63, 3.8) is 0 Å². The van der Waals surface area contributed by atoms with E-state index in [9.17, 15) is 14.1 Å². The number of unbranched alkanes of at least 4 members (excludes halogenated alkanes) is 5. The van der Waals surface area contributed by atoms with E-state index in [4.69, 9.17) is 4.74 Å². The normalized spacial score (nSPS) is 14.7. The molecule has 0 saturated carbocycles. The highest BCUT2D eigenvalue weighted by Gasteiger charge is 2.30. The minimum Gasteiger partial charge on any atom is -0.616 e. The summed E-state index contributed by atoms with van der Waals surface area (Å²) in [5.74, 6) is -0.710. The van der Waals surface area contributed by atoms with Crippen molar-refractivity contribution >= 4 is 23.1 Å². The predicted molar refractivity (Wildman–Crippen MR) is 99.3 cm³/mol. The molecule has 24 heavy (non-hydrogen) atoms. The molecule has 0 fully saturated rings. The third-order valence-corrected chi connectivity index (χ3v) is 5.95. The molecule has 5 nitrogen and oxygen atoms in total. The lowest BCUT2D eigenvalue weighted by atomic mass is 10.1. The van der Waals surface area contributed by atoms with Crippen molar-refractivity contribution in [2.75, 3.05) is 12.9 Å². The Morgan fingerprint density at radius 2 is 1.62 bits per heavy atom. The fraction of sp³-hybridized carbons (Fsp3) is 0.889. The van der Waals surface area contributed by atoms with E-state index in [1.165, 1.54) is 39.7 Å². The number of hydrogen-bond acceptors (Lipinski definition) is 4. The third-order valence-electron chi connectivity index (χ3n) is 4.08. The Labute approximate surface area is 150 Å². The molecule has 3 atom stereocenters. The average Bonchev–Trinajstić information content (AvgIpc) is 2.55. The quantitative estimate of drug-likeness (QED) is 0.292. The number of rotatable bonds is 14.